The van der Waals surface area contributed by atoms with E-state index in [1.54, 1.807) is 6.20 Å². The Bertz CT molecular complexity index is 1570. The number of hydrogen-bond donors (Lipinski definition) is 1. The molecule has 5 rings (SSSR count). The van der Waals surface area contributed by atoms with Crippen LogP contribution in [0.5, 0.6) is 0 Å². The molecular weight excluding hydrogens is 610 g/mol. The van der Waals surface area contributed by atoms with Crippen LogP contribution in [0.3, 0.4) is 0 Å². The fourth-order valence-corrected chi connectivity index (χ4v) is 7.01. The second kappa shape index (κ2) is 14.3. The number of pyridine rings is 1. The van der Waals surface area contributed by atoms with Gasteiger partial charge in [-0.3, -0.25) is 9.88 Å². The third-order valence-electron chi connectivity index (χ3n) is 9.38. The van der Waals surface area contributed by atoms with Crippen LogP contribution >= 0.6 is 11.6 Å². The molecule has 0 bridgehead atoms. The van der Waals surface area contributed by atoms with Gasteiger partial charge in [0.25, 0.3) is 0 Å². The van der Waals surface area contributed by atoms with Gasteiger partial charge in [0.1, 0.15) is 0 Å². The molecule has 47 heavy (non-hydrogen) atoms. The van der Waals surface area contributed by atoms with Crippen LogP contribution in [0.2, 0.25) is 5.02 Å². The zero-order valence-electron chi connectivity index (χ0n) is 29.5. The summed E-state index contributed by atoms with van der Waals surface area (Å²) in [4.78, 5) is 23.3. The number of aromatic nitrogens is 1. The Kier molecular flexibility index (Phi) is 10.7. The maximum Gasteiger partial charge on any atom is 0.340 e. The minimum atomic E-state index is -0.971. The molecule has 1 unspecified atom stereocenters. The predicted molar refractivity (Wildman–Crippen MR) is 190 cm³/mol. The molecule has 8 heteroatoms. The van der Waals surface area contributed by atoms with E-state index in [0.717, 1.165) is 73.8 Å². The molecule has 0 spiro atoms. The van der Waals surface area contributed by atoms with Crippen LogP contribution in [0.1, 0.15) is 101 Å². The molecule has 2 aliphatic rings. The molecule has 1 fully saturated rings. The van der Waals surface area contributed by atoms with Crippen LogP contribution in [0, 0.1) is 12.3 Å². The Balaban J connectivity index is 1.59. The van der Waals surface area contributed by atoms with E-state index in [1.165, 1.54) is 22.3 Å². The summed E-state index contributed by atoms with van der Waals surface area (Å²) in [5.74, 6) is -0.433. The van der Waals surface area contributed by atoms with Gasteiger partial charge in [-0.05, 0) is 100 Å². The van der Waals surface area contributed by atoms with Crippen molar-refractivity contribution in [2.75, 3.05) is 24.5 Å². The van der Waals surface area contributed by atoms with E-state index in [9.17, 15) is 9.90 Å². The topological polar surface area (TPSA) is 75.1 Å². The van der Waals surface area contributed by atoms with E-state index < -0.39 is 17.7 Å². The van der Waals surface area contributed by atoms with E-state index in [0.29, 0.717) is 11.3 Å². The first-order valence-corrected chi connectivity index (χ1v) is 17.4. The van der Waals surface area contributed by atoms with Gasteiger partial charge in [0.2, 0.25) is 0 Å². The highest BCUT2D eigenvalue weighted by molar-refractivity contribution is 6.31. The van der Waals surface area contributed by atoms with Gasteiger partial charge in [0.05, 0.1) is 29.7 Å². The number of rotatable bonds is 9. The van der Waals surface area contributed by atoms with Gasteiger partial charge < -0.3 is 19.5 Å². The van der Waals surface area contributed by atoms with Gasteiger partial charge in [-0.1, -0.05) is 55.8 Å². The summed E-state index contributed by atoms with van der Waals surface area (Å²) >= 11 is 6.58. The molecule has 0 aliphatic carbocycles. The number of piperidine rings is 1. The largest absolute Gasteiger partial charge is 0.461 e. The Morgan fingerprint density at radius 2 is 1.81 bits per heavy atom. The number of carbonyl (C=O) groups is 1. The summed E-state index contributed by atoms with van der Waals surface area (Å²) in [5, 5.41) is 11.5. The van der Waals surface area contributed by atoms with Crippen LogP contribution in [0.15, 0.2) is 42.6 Å². The minimum absolute atomic E-state index is 0.217. The molecule has 1 aromatic heterocycles. The monoisotopic (exact) mass is 661 g/mol. The van der Waals surface area contributed by atoms with E-state index >= 15 is 0 Å². The summed E-state index contributed by atoms with van der Waals surface area (Å²) < 4.78 is 12.2. The number of esters is 1. The average molecular weight is 662 g/mol. The van der Waals surface area contributed by atoms with E-state index in [4.69, 9.17) is 26.1 Å². The summed E-state index contributed by atoms with van der Waals surface area (Å²) in [6.45, 7) is 20.3. The minimum Gasteiger partial charge on any atom is -0.461 e. The normalized spacial score (nSPS) is 17.5. The van der Waals surface area contributed by atoms with Gasteiger partial charge in [-0.25, -0.2) is 4.79 Å². The van der Waals surface area contributed by atoms with Crippen molar-refractivity contribution in [3.8, 4) is 11.1 Å². The lowest BCUT2D eigenvalue weighted by atomic mass is 9.82. The van der Waals surface area contributed by atoms with Gasteiger partial charge in [0, 0.05) is 55.1 Å². The number of hydrogen-bond acceptors (Lipinski definition) is 7. The summed E-state index contributed by atoms with van der Waals surface area (Å²) in [6, 6.07) is 12.7. The number of anilines is 1. The lowest BCUT2D eigenvalue weighted by Crippen LogP contribution is -2.39. The van der Waals surface area contributed by atoms with E-state index in [2.05, 4.69) is 54.8 Å². The number of benzene rings is 2. The molecule has 0 saturated carbocycles. The van der Waals surface area contributed by atoms with Gasteiger partial charge in [-0.15, -0.1) is 0 Å². The van der Waals surface area contributed by atoms with Crippen molar-refractivity contribution in [2.45, 2.75) is 112 Å². The molecule has 1 saturated heterocycles. The molecule has 7 nitrogen and oxygen atoms in total. The van der Waals surface area contributed by atoms with E-state index in [-0.39, 0.29) is 18.1 Å². The van der Waals surface area contributed by atoms with Gasteiger partial charge >= 0.3 is 5.97 Å². The third kappa shape index (κ3) is 8.37. The van der Waals surface area contributed by atoms with Gasteiger partial charge in [0.15, 0.2) is 6.10 Å². The highest BCUT2D eigenvalue weighted by atomic mass is 35.5. The number of carbonyl (C=O) groups excluding carboxylic acids is 1. The standard InChI is InChI=1S/C39H52ClN3O4/c1-25(2)46-37(45)36(47-38(4,5)6)30-21-41-33(24-44)34(35(30)43-18-15-39(7,8)16-19-43)28-12-13-29-22-42(17-14-27(29)20-28)23-31-26(3)10-9-11-32(31)40/h9-13,20-21,25,36,44H,14-19,22-24H2,1-8H3. The third-order valence-corrected chi connectivity index (χ3v) is 9.74. The first kappa shape index (κ1) is 35.3. The Morgan fingerprint density at radius 1 is 1.09 bits per heavy atom. The zero-order valence-corrected chi connectivity index (χ0v) is 30.2. The van der Waals surface area contributed by atoms with Crippen molar-refractivity contribution < 1.29 is 19.4 Å². The molecule has 1 N–H and O–H groups in total. The van der Waals surface area contributed by atoms with Crippen LogP contribution in [-0.4, -0.2) is 52.3 Å². The molecule has 1 atom stereocenters. The summed E-state index contributed by atoms with van der Waals surface area (Å²) in [7, 11) is 0. The first-order chi connectivity index (χ1) is 22.2. The molecular formula is C39H52ClN3O4. The van der Waals surface area contributed by atoms with Crippen molar-refractivity contribution in [2.24, 2.45) is 5.41 Å². The number of halogens is 1. The van der Waals surface area contributed by atoms with Crippen LogP contribution in [0.25, 0.3) is 11.1 Å². The molecule has 2 aliphatic heterocycles. The van der Waals surface area contributed by atoms with Crippen molar-refractivity contribution >= 4 is 23.3 Å². The van der Waals surface area contributed by atoms with E-state index in [1.807, 2.05) is 46.8 Å². The molecule has 3 aromatic rings. The number of ether oxygens (including phenoxy) is 2. The number of aryl methyl sites for hydroxylation is 1. The van der Waals surface area contributed by atoms with Crippen molar-refractivity contribution in [3.63, 3.8) is 0 Å². The molecule has 0 radical (unpaired) electrons. The zero-order chi connectivity index (χ0) is 34.1. The van der Waals surface area contributed by atoms with Crippen molar-refractivity contribution in [1.82, 2.24) is 9.88 Å². The highest BCUT2D eigenvalue weighted by Crippen LogP contribution is 2.44. The summed E-state index contributed by atoms with van der Waals surface area (Å²) in [5.41, 5.74) is 8.60. The summed E-state index contributed by atoms with van der Waals surface area (Å²) in [6.07, 6.45) is 3.37. The molecule has 2 aromatic carbocycles. The smallest absolute Gasteiger partial charge is 0.340 e. The average Bonchev–Trinajstić information content (AvgIpc) is 3.00. The molecule has 254 valence electrons. The Labute approximate surface area is 286 Å². The van der Waals surface area contributed by atoms with Crippen molar-refractivity contribution in [1.29, 1.82) is 0 Å². The number of fused-ring (bicyclic) bond motifs is 1. The SMILES string of the molecule is Cc1cccc(Cl)c1CN1CCc2cc(-c3c(CO)ncc(C(OC(C)(C)C)C(=O)OC(C)C)c3N3CCC(C)(C)CC3)ccc2C1. The number of aliphatic hydroxyl groups excluding tert-OH is 1. The lowest BCUT2D eigenvalue weighted by molar-refractivity contribution is -0.171. The second-order valence-electron chi connectivity index (χ2n) is 15.3. The molecule has 3 heterocycles. The fraction of sp³-hybridized carbons (Fsp3) is 0.538. The van der Waals surface area contributed by atoms with Crippen LogP contribution < -0.4 is 4.90 Å². The van der Waals surface area contributed by atoms with Crippen LogP contribution in [-0.2, 0) is 40.4 Å². The quantitative estimate of drug-likeness (QED) is 0.232. The Morgan fingerprint density at radius 3 is 2.45 bits per heavy atom. The highest BCUT2D eigenvalue weighted by Gasteiger charge is 2.37. The maximum absolute atomic E-state index is 13.7. The number of aliphatic hydroxyl groups is 1. The lowest BCUT2D eigenvalue weighted by Gasteiger charge is -2.41. The van der Waals surface area contributed by atoms with Crippen molar-refractivity contribution in [3.05, 3.63) is 81.1 Å². The fourth-order valence-electron chi connectivity index (χ4n) is 6.72. The number of nitrogens with zero attached hydrogens (tertiary/aromatic N) is 3. The molecule has 0 amide bonds. The maximum atomic E-state index is 13.7. The predicted octanol–water partition coefficient (Wildman–Crippen LogP) is 8.20. The Hall–Kier alpha value is -2.97. The van der Waals surface area contributed by atoms with Gasteiger partial charge in [-0.2, -0.15) is 0 Å². The second-order valence-corrected chi connectivity index (χ2v) is 15.7. The first-order valence-electron chi connectivity index (χ1n) is 17.0. The van der Waals surface area contributed by atoms with Crippen LogP contribution in [0.4, 0.5) is 5.69 Å².